The molecule has 0 amide bonds. The Kier molecular flexibility index (Phi) is 4.98. The highest BCUT2D eigenvalue weighted by Gasteiger charge is 2.13. The van der Waals surface area contributed by atoms with Crippen LogP contribution in [0.15, 0.2) is 29.4 Å². The van der Waals surface area contributed by atoms with E-state index in [1.54, 1.807) is 19.1 Å². The summed E-state index contributed by atoms with van der Waals surface area (Å²) >= 11 is 7.31. The quantitative estimate of drug-likeness (QED) is 0.297. The molecule has 0 aliphatic rings. The van der Waals surface area contributed by atoms with Crippen LogP contribution in [0, 0.1) is 17.0 Å². The number of nitrogens with zero attached hydrogens (tertiary/aromatic N) is 3. The van der Waals surface area contributed by atoms with Crippen LogP contribution in [0.1, 0.15) is 11.1 Å². The summed E-state index contributed by atoms with van der Waals surface area (Å²) < 4.78 is 0. The second-order valence-electron chi connectivity index (χ2n) is 4.23. The molecular formula is C13H13ClN4O2S. The molecule has 0 aliphatic heterocycles. The zero-order chi connectivity index (χ0) is 15.4. The minimum Gasteiger partial charge on any atom is -0.366 e. The minimum absolute atomic E-state index is 0.111. The Morgan fingerprint density at radius 3 is 2.86 bits per heavy atom. The molecule has 110 valence electrons. The van der Waals surface area contributed by atoms with Crippen molar-refractivity contribution >= 4 is 34.9 Å². The predicted molar refractivity (Wildman–Crippen MR) is 84.0 cm³/mol. The van der Waals surface area contributed by atoms with E-state index in [4.69, 9.17) is 11.6 Å². The third kappa shape index (κ3) is 3.83. The number of benzene rings is 1. The number of halogens is 1. The smallest absolute Gasteiger partial charge is 0.272 e. The third-order valence-corrected chi connectivity index (χ3v) is 3.67. The third-order valence-electron chi connectivity index (χ3n) is 2.93. The molecule has 21 heavy (non-hydrogen) atoms. The van der Waals surface area contributed by atoms with Crippen LogP contribution in [0.2, 0.25) is 5.15 Å². The fourth-order valence-corrected chi connectivity index (χ4v) is 2.44. The number of hydrogen-bond acceptors (Lipinski definition) is 6. The van der Waals surface area contributed by atoms with E-state index >= 15 is 0 Å². The largest absolute Gasteiger partial charge is 0.366 e. The van der Waals surface area contributed by atoms with Gasteiger partial charge in [0, 0.05) is 24.2 Å². The topological polar surface area (TPSA) is 81.0 Å². The summed E-state index contributed by atoms with van der Waals surface area (Å²) in [5.41, 5.74) is 1.59. The van der Waals surface area contributed by atoms with Gasteiger partial charge in [-0.15, -0.1) is 0 Å². The van der Waals surface area contributed by atoms with Crippen LogP contribution < -0.4 is 5.32 Å². The molecule has 1 N–H and O–H groups in total. The molecule has 6 nitrogen and oxygen atoms in total. The molecule has 0 radical (unpaired) electrons. The average Bonchev–Trinajstić information content (AvgIpc) is 2.45. The van der Waals surface area contributed by atoms with Crippen molar-refractivity contribution in [3.8, 4) is 0 Å². The van der Waals surface area contributed by atoms with Crippen molar-refractivity contribution < 1.29 is 4.92 Å². The Hall–Kier alpha value is -1.86. The van der Waals surface area contributed by atoms with Crippen molar-refractivity contribution in [3.05, 3.63) is 50.7 Å². The van der Waals surface area contributed by atoms with E-state index in [-0.39, 0.29) is 10.6 Å². The van der Waals surface area contributed by atoms with Gasteiger partial charge in [0.25, 0.3) is 5.69 Å². The number of anilines is 1. The van der Waals surface area contributed by atoms with E-state index < -0.39 is 0 Å². The first-order valence-electron chi connectivity index (χ1n) is 6.06. The number of nitro groups is 1. The van der Waals surface area contributed by atoms with Crippen molar-refractivity contribution in [1.82, 2.24) is 9.97 Å². The zero-order valence-electron chi connectivity index (χ0n) is 11.5. The summed E-state index contributed by atoms with van der Waals surface area (Å²) in [5.74, 6) is 0.588. The number of nitrogens with one attached hydrogen (secondary N) is 1. The second kappa shape index (κ2) is 6.73. The number of hydrogen-bond donors (Lipinski definition) is 1. The lowest BCUT2D eigenvalue weighted by atomic mass is 10.1. The van der Waals surface area contributed by atoms with E-state index in [9.17, 15) is 10.1 Å². The predicted octanol–water partition coefficient (Wildman–Crippen LogP) is 3.68. The Labute approximate surface area is 131 Å². The lowest BCUT2D eigenvalue weighted by Crippen LogP contribution is -2.05. The van der Waals surface area contributed by atoms with Crippen molar-refractivity contribution in [2.24, 2.45) is 0 Å². The molecule has 0 atom stereocenters. The lowest BCUT2D eigenvalue weighted by Gasteiger charge is -2.09. The van der Waals surface area contributed by atoms with Crippen molar-refractivity contribution in [2.75, 3.05) is 11.6 Å². The van der Waals surface area contributed by atoms with Crippen LogP contribution in [0.4, 0.5) is 11.5 Å². The SMILES string of the molecule is CSc1nc(Cl)cc(NCc2cccc([N+](=O)[O-])c2C)n1. The maximum absolute atomic E-state index is 10.9. The maximum atomic E-state index is 10.9. The van der Waals surface area contributed by atoms with Gasteiger partial charge in [-0.05, 0) is 18.7 Å². The molecule has 1 aromatic carbocycles. The van der Waals surface area contributed by atoms with Crippen LogP contribution in [0.25, 0.3) is 0 Å². The van der Waals surface area contributed by atoms with E-state index in [1.807, 2.05) is 12.3 Å². The highest BCUT2D eigenvalue weighted by Crippen LogP contribution is 2.22. The molecule has 0 spiro atoms. The molecule has 0 unspecified atom stereocenters. The van der Waals surface area contributed by atoms with Gasteiger partial charge in [0.2, 0.25) is 0 Å². The summed E-state index contributed by atoms with van der Waals surface area (Å²) in [6, 6.07) is 6.62. The van der Waals surface area contributed by atoms with Gasteiger partial charge in [-0.25, -0.2) is 9.97 Å². The molecule has 0 saturated heterocycles. The van der Waals surface area contributed by atoms with Gasteiger partial charge in [0.1, 0.15) is 11.0 Å². The van der Waals surface area contributed by atoms with E-state index in [0.717, 1.165) is 5.56 Å². The second-order valence-corrected chi connectivity index (χ2v) is 5.40. The van der Waals surface area contributed by atoms with Gasteiger partial charge in [0.05, 0.1) is 4.92 Å². The average molecular weight is 325 g/mol. The monoisotopic (exact) mass is 324 g/mol. The molecule has 1 aromatic heterocycles. The number of thioether (sulfide) groups is 1. The number of nitro benzene ring substituents is 1. The fraction of sp³-hybridized carbons (Fsp3) is 0.231. The summed E-state index contributed by atoms with van der Waals surface area (Å²) in [7, 11) is 0. The molecule has 2 aromatic rings. The zero-order valence-corrected chi connectivity index (χ0v) is 13.0. The van der Waals surface area contributed by atoms with Crippen LogP contribution in [-0.2, 0) is 6.54 Å². The van der Waals surface area contributed by atoms with Crippen LogP contribution in [0.3, 0.4) is 0 Å². The normalized spacial score (nSPS) is 10.4. The first-order chi connectivity index (χ1) is 10.0. The first kappa shape index (κ1) is 15.5. The summed E-state index contributed by atoms with van der Waals surface area (Å²) in [5, 5.41) is 15.0. The Balaban J connectivity index is 2.19. The van der Waals surface area contributed by atoms with E-state index in [1.165, 1.54) is 17.8 Å². The first-order valence-corrected chi connectivity index (χ1v) is 7.67. The van der Waals surface area contributed by atoms with Crippen molar-refractivity contribution in [3.63, 3.8) is 0 Å². The number of rotatable bonds is 5. The summed E-state index contributed by atoms with van der Waals surface area (Å²) in [6.45, 7) is 2.16. The van der Waals surface area contributed by atoms with Gasteiger partial charge < -0.3 is 5.32 Å². The molecule has 0 bridgehead atoms. The molecule has 8 heteroatoms. The Morgan fingerprint density at radius 1 is 1.43 bits per heavy atom. The molecular weight excluding hydrogens is 312 g/mol. The van der Waals surface area contributed by atoms with Crippen LogP contribution >= 0.6 is 23.4 Å². The van der Waals surface area contributed by atoms with Gasteiger partial charge in [-0.1, -0.05) is 35.5 Å². The summed E-state index contributed by atoms with van der Waals surface area (Å²) in [6.07, 6.45) is 1.86. The lowest BCUT2D eigenvalue weighted by molar-refractivity contribution is -0.385. The molecule has 0 fully saturated rings. The highest BCUT2D eigenvalue weighted by atomic mass is 35.5. The Bertz CT molecular complexity index is 681. The molecule has 1 heterocycles. The molecule has 0 saturated carbocycles. The van der Waals surface area contributed by atoms with Crippen molar-refractivity contribution in [1.29, 1.82) is 0 Å². The number of aromatic nitrogens is 2. The van der Waals surface area contributed by atoms with Gasteiger partial charge in [-0.2, -0.15) is 0 Å². The Morgan fingerprint density at radius 2 is 2.19 bits per heavy atom. The van der Waals surface area contributed by atoms with E-state index in [0.29, 0.717) is 28.2 Å². The standard InChI is InChI=1S/C13H13ClN4O2S/c1-8-9(4-3-5-10(8)18(19)20)7-15-12-6-11(14)16-13(17-12)21-2/h3-6H,7H2,1-2H3,(H,15,16,17). The fourth-order valence-electron chi connectivity index (χ4n) is 1.82. The van der Waals surface area contributed by atoms with Gasteiger partial charge in [0.15, 0.2) is 5.16 Å². The van der Waals surface area contributed by atoms with Gasteiger partial charge >= 0.3 is 0 Å². The van der Waals surface area contributed by atoms with Crippen molar-refractivity contribution in [2.45, 2.75) is 18.6 Å². The molecule has 2 rings (SSSR count). The molecule has 0 aliphatic carbocycles. The van der Waals surface area contributed by atoms with Gasteiger partial charge in [-0.3, -0.25) is 10.1 Å². The maximum Gasteiger partial charge on any atom is 0.272 e. The summed E-state index contributed by atoms with van der Waals surface area (Å²) in [4.78, 5) is 18.9. The minimum atomic E-state index is -0.383. The van der Waals surface area contributed by atoms with E-state index in [2.05, 4.69) is 15.3 Å². The van der Waals surface area contributed by atoms with Crippen LogP contribution in [0.5, 0.6) is 0 Å². The van der Waals surface area contributed by atoms with Crippen LogP contribution in [-0.4, -0.2) is 21.1 Å². The highest BCUT2D eigenvalue weighted by molar-refractivity contribution is 7.98.